The van der Waals surface area contributed by atoms with Crippen molar-refractivity contribution < 1.29 is 9.13 Å². The summed E-state index contributed by atoms with van der Waals surface area (Å²) in [6, 6.07) is 3.37. The van der Waals surface area contributed by atoms with E-state index >= 15 is 0 Å². The molecule has 1 atom stereocenters. The first kappa shape index (κ1) is 16.0. The summed E-state index contributed by atoms with van der Waals surface area (Å²) in [5.74, 6) is -0.294. The predicted molar refractivity (Wildman–Crippen MR) is 74.6 cm³/mol. The Bertz CT molecular complexity index is 345. The van der Waals surface area contributed by atoms with E-state index < -0.39 is 0 Å². The van der Waals surface area contributed by atoms with Crippen molar-refractivity contribution in [3.8, 4) is 0 Å². The van der Waals surface area contributed by atoms with Gasteiger partial charge in [0, 0.05) is 32.8 Å². The number of rotatable bonds is 9. The third-order valence-electron chi connectivity index (χ3n) is 3.08. The third kappa shape index (κ3) is 6.09. The summed E-state index contributed by atoms with van der Waals surface area (Å²) in [5.41, 5.74) is 0.892. The molecule has 0 bridgehead atoms. The van der Waals surface area contributed by atoms with Gasteiger partial charge in [0.05, 0.1) is 18.5 Å². The van der Waals surface area contributed by atoms with Crippen LogP contribution in [-0.2, 0) is 4.74 Å². The van der Waals surface area contributed by atoms with Gasteiger partial charge >= 0.3 is 0 Å². The SMILES string of the molecule is CCC(NCCN(C)CCOC)c1ccc(F)cn1. The van der Waals surface area contributed by atoms with Gasteiger partial charge in [-0.05, 0) is 25.6 Å². The Labute approximate surface area is 115 Å². The average molecular weight is 269 g/mol. The van der Waals surface area contributed by atoms with Crippen LogP contribution >= 0.6 is 0 Å². The van der Waals surface area contributed by atoms with Crippen LogP contribution in [0.15, 0.2) is 18.3 Å². The summed E-state index contributed by atoms with van der Waals surface area (Å²) in [6.45, 7) is 5.58. The summed E-state index contributed by atoms with van der Waals surface area (Å²) < 4.78 is 17.9. The molecular weight excluding hydrogens is 245 g/mol. The van der Waals surface area contributed by atoms with Crippen molar-refractivity contribution in [2.24, 2.45) is 0 Å². The standard InChI is InChI=1S/C14H24FN3O/c1-4-13(14-6-5-12(15)11-17-14)16-7-8-18(2)9-10-19-3/h5-6,11,13,16H,4,7-10H2,1-3H3. The van der Waals surface area contributed by atoms with E-state index in [0.717, 1.165) is 38.4 Å². The van der Waals surface area contributed by atoms with Gasteiger partial charge in [0.25, 0.3) is 0 Å². The Morgan fingerprint density at radius 2 is 2.21 bits per heavy atom. The molecule has 1 rings (SSSR count). The van der Waals surface area contributed by atoms with E-state index in [1.807, 2.05) is 0 Å². The number of hydrogen-bond donors (Lipinski definition) is 1. The van der Waals surface area contributed by atoms with Crippen LogP contribution in [-0.4, -0.2) is 50.3 Å². The van der Waals surface area contributed by atoms with Crippen LogP contribution in [0.2, 0.25) is 0 Å². The Kier molecular flexibility index (Phi) is 7.55. The molecule has 1 N–H and O–H groups in total. The van der Waals surface area contributed by atoms with E-state index in [4.69, 9.17) is 4.74 Å². The molecule has 0 radical (unpaired) electrons. The van der Waals surface area contributed by atoms with Crippen LogP contribution < -0.4 is 5.32 Å². The van der Waals surface area contributed by atoms with E-state index in [9.17, 15) is 4.39 Å². The lowest BCUT2D eigenvalue weighted by Crippen LogP contribution is -2.33. The lowest BCUT2D eigenvalue weighted by Gasteiger charge is -2.20. The number of aromatic nitrogens is 1. The van der Waals surface area contributed by atoms with Crippen molar-refractivity contribution in [3.63, 3.8) is 0 Å². The number of nitrogens with zero attached hydrogens (tertiary/aromatic N) is 2. The topological polar surface area (TPSA) is 37.4 Å². The summed E-state index contributed by atoms with van der Waals surface area (Å²) in [6.07, 6.45) is 2.20. The first-order chi connectivity index (χ1) is 9.17. The maximum Gasteiger partial charge on any atom is 0.141 e. The molecule has 108 valence electrons. The van der Waals surface area contributed by atoms with Crippen LogP contribution in [0.3, 0.4) is 0 Å². The molecular formula is C14H24FN3O. The van der Waals surface area contributed by atoms with Crippen LogP contribution in [0.5, 0.6) is 0 Å². The second kappa shape index (κ2) is 8.96. The van der Waals surface area contributed by atoms with Crippen LogP contribution in [0.4, 0.5) is 4.39 Å². The normalized spacial score (nSPS) is 12.9. The number of pyridine rings is 1. The molecule has 0 aliphatic carbocycles. The second-order valence-corrected chi connectivity index (χ2v) is 4.61. The van der Waals surface area contributed by atoms with Gasteiger partial charge in [0.15, 0.2) is 0 Å². The number of likely N-dealkylation sites (N-methyl/N-ethyl adjacent to an activating group) is 1. The first-order valence-corrected chi connectivity index (χ1v) is 6.69. The van der Waals surface area contributed by atoms with Gasteiger partial charge in [-0.2, -0.15) is 0 Å². The fourth-order valence-corrected chi connectivity index (χ4v) is 1.84. The van der Waals surface area contributed by atoms with Gasteiger partial charge in [-0.1, -0.05) is 6.92 Å². The zero-order chi connectivity index (χ0) is 14.1. The highest BCUT2D eigenvalue weighted by Crippen LogP contribution is 2.13. The molecule has 4 nitrogen and oxygen atoms in total. The van der Waals surface area contributed by atoms with Gasteiger partial charge in [0.1, 0.15) is 5.82 Å². The number of hydrogen-bond acceptors (Lipinski definition) is 4. The van der Waals surface area contributed by atoms with E-state index in [1.165, 1.54) is 12.3 Å². The molecule has 0 aliphatic heterocycles. The number of methoxy groups -OCH3 is 1. The maximum absolute atomic E-state index is 12.8. The molecule has 5 heteroatoms. The van der Waals surface area contributed by atoms with E-state index in [1.54, 1.807) is 13.2 Å². The fraction of sp³-hybridized carbons (Fsp3) is 0.643. The van der Waals surface area contributed by atoms with Crippen molar-refractivity contribution in [1.29, 1.82) is 0 Å². The van der Waals surface area contributed by atoms with Crippen molar-refractivity contribution in [2.75, 3.05) is 40.4 Å². The molecule has 0 aliphatic rings. The average Bonchev–Trinajstić information content (AvgIpc) is 2.42. The van der Waals surface area contributed by atoms with Gasteiger partial charge in [-0.25, -0.2) is 4.39 Å². The Morgan fingerprint density at radius 3 is 2.79 bits per heavy atom. The molecule has 19 heavy (non-hydrogen) atoms. The zero-order valence-electron chi connectivity index (χ0n) is 12.0. The quantitative estimate of drug-likeness (QED) is 0.742. The third-order valence-corrected chi connectivity index (χ3v) is 3.08. The highest BCUT2D eigenvalue weighted by Gasteiger charge is 2.10. The Hall–Kier alpha value is -1.04. The highest BCUT2D eigenvalue weighted by molar-refractivity contribution is 5.09. The highest BCUT2D eigenvalue weighted by atomic mass is 19.1. The van der Waals surface area contributed by atoms with Gasteiger partial charge in [-0.3, -0.25) is 4.98 Å². The second-order valence-electron chi connectivity index (χ2n) is 4.61. The van der Waals surface area contributed by atoms with Gasteiger partial charge in [-0.15, -0.1) is 0 Å². The van der Waals surface area contributed by atoms with Gasteiger partial charge < -0.3 is 15.0 Å². The van der Waals surface area contributed by atoms with E-state index in [0.29, 0.717) is 0 Å². The molecule has 1 heterocycles. The predicted octanol–water partition coefficient (Wildman–Crippen LogP) is 1.84. The summed E-state index contributed by atoms with van der Waals surface area (Å²) in [4.78, 5) is 6.34. The molecule has 0 aromatic carbocycles. The number of ether oxygens (including phenoxy) is 1. The maximum atomic E-state index is 12.8. The zero-order valence-corrected chi connectivity index (χ0v) is 12.0. The van der Waals surface area contributed by atoms with E-state index in [-0.39, 0.29) is 11.9 Å². The van der Waals surface area contributed by atoms with Crippen LogP contribution in [0.1, 0.15) is 25.1 Å². The minimum atomic E-state index is -0.294. The molecule has 0 saturated carbocycles. The molecule has 0 fully saturated rings. The fourth-order valence-electron chi connectivity index (χ4n) is 1.84. The molecule has 1 unspecified atom stereocenters. The van der Waals surface area contributed by atoms with Gasteiger partial charge in [0.2, 0.25) is 0 Å². The first-order valence-electron chi connectivity index (χ1n) is 6.69. The molecule has 0 amide bonds. The monoisotopic (exact) mass is 269 g/mol. The summed E-state index contributed by atoms with van der Waals surface area (Å²) in [7, 11) is 3.78. The van der Waals surface area contributed by atoms with Crippen LogP contribution in [0.25, 0.3) is 0 Å². The molecule has 0 saturated heterocycles. The number of halogens is 1. The van der Waals surface area contributed by atoms with Crippen molar-refractivity contribution in [2.45, 2.75) is 19.4 Å². The summed E-state index contributed by atoms with van der Waals surface area (Å²) >= 11 is 0. The minimum Gasteiger partial charge on any atom is -0.383 e. The van der Waals surface area contributed by atoms with E-state index in [2.05, 4.69) is 29.2 Å². The Morgan fingerprint density at radius 1 is 1.42 bits per heavy atom. The lowest BCUT2D eigenvalue weighted by molar-refractivity contribution is 0.161. The molecule has 1 aromatic rings. The largest absolute Gasteiger partial charge is 0.383 e. The molecule has 1 aromatic heterocycles. The Balaban J connectivity index is 2.34. The molecule has 0 spiro atoms. The lowest BCUT2D eigenvalue weighted by atomic mass is 10.1. The van der Waals surface area contributed by atoms with Crippen LogP contribution in [0, 0.1) is 5.82 Å². The summed E-state index contributed by atoms with van der Waals surface area (Å²) in [5, 5.41) is 3.45. The smallest absolute Gasteiger partial charge is 0.141 e. The number of nitrogens with one attached hydrogen (secondary N) is 1. The van der Waals surface area contributed by atoms with Crippen molar-refractivity contribution in [1.82, 2.24) is 15.2 Å². The van der Waals surface area contributed by atoms with Crippen molar-refractivity contribution in [3.05, 3.63) is 29.8 Å². The minimum absolute atomic E-state index is 0.177. The van der Waals surface area contributed by atoms with Crippen molar-refractivity contribution >= 4 is 0 Å².